The lowest BCUT2D eigenvalue weighted by Crippen LogP contribution is -2.29. The Morgan fingerprint density at radius 3 is 2.31 bits per heavy atom. The van der Waals surface area contributed by atoms with Gasteiger partial charge in [-0.3, -0.25) is 4.18 Å². The minimum atomic E-state index is -5.43. The molecule has 1 fully saturated rings. The molecule has 96 valence electrons. The van der Waals surface area contributed by atoms with Gasteiger partial charge in [-0.1, -0.05) is 19.8 Å². The monoisotopic (exact) mass is 260 g/mol. The molecule has 0 saturated heterocycles. The topological polar surface area (TPSA) is 43.4 Å². The lowest BCUT2D eigenvalue weighted by Gasteiger charge is -2.16. The highest BCUT2D eigenvalue weighted by Crippen LogP contribution is 2.30. The van der Waals surface area contributed by atoms with Crippen LogP contribution in [0.4, 0.5) is 13.2 Å². The molecule has 7 heteroatoms. The number of rotatable bonds is 2. The van der Waals surface area contributed by atoms with Crippen LogP contribution in [0.25, 0.3) is 0 Å². The van der Waals surface area contributed by atoms with Crippen LogP contribution in [0, 0.1) is 5.92 Å². The second-order valence-corrected chi connectivity index (χ2v) is 5.80. The van der Waals surface area contributed by atoms with Gasteiger partial charge in [0.25, 0.3) is 0 Å². The molecule has 0 amide bonds. The van der Waals surface area contributed by atoms with E-state index in [9.17, 15) is 21.6 Å². The van der Waals surface area contributed by atoms with Crippen LogP contribution in [0.1, 0.15) is 39.0 Å². The summed E-state index contributed by atoms with van der Waals surface area (Å²) in [5.74, 6) is 0.419. The van der Waals surface area contributed by atoms with Gasteiger partial charge in [-0.2, -0.15) is 21.6 Å². The Morgan fingerprint density at radius 2 is 1.75 bits per heavy atom. The van der Waals surface area contributed by atoms with Crippen LogP contribution in [0.2, 0.25) is 0 Å². The predicted molar refractivity (Wildman–Crippen MR) is 52.1 cm³/mol. The molecular weight excluding hydrogens is 245 g/mol. The Labute approximate surface area is 93.1 Å². The number of halogens is 3. The van der Waals surface area contributed by atoms with Crippen LogP contribution < -0.4 is 0 Å². The highest BCUT2D eigenvalue weighted by molar-refractivity contribution is 7.87. The number of alkyl halides is 3. The van der Waals surface area contributed by atoms with E-state index >= 15 is 0 Å². The Hall–Kier alpha value is -0.300. The molecule has 1 rings (SSSR count). The van der Waals surface area contributed by atoms with Gasteiger partial charge < -0.3 is 0 Å². The van der Waals surface area contributed by atoms with Gasteiger partial charge in [0.15, 0.2) is 0 Å². The van der Waals surface area contributed by atoms with E-state index in [0.29, 0.717) is 31.6 Å². The summed E-state index contributed by atoms with van der Waals surface area (Å²) in [7, 11) is -5.43. The van der Waals surface area contributed by atoms with Crippen LogP contribution in [-0.2, 0) is 14.3 Å². The van der Waals surface area contributed by atoms with Crippen molar-refractivity contribution in [1.29, 1.82) is 0 Å². The zero-order chi connectivity index (χ0) is 12.4. The molecule has 0 spiro atoms. The van der Waals surface area contributed by atoms with Crippen molar-refractivity contribution in [3.05, 3.63) is 0 Å². The fourth-order valence-corrected chi connectivity index (χ4v) is 2.44. The zero-order valence-electron chi connectivity index (χ0n) is 8.96. The molecule has 2 atom stereocenters. The van der Waals surface area contributed by atoms with Gasteiger partial charge in [-0.05, 0) is 25.2 Å². The molecule has 0 aromatic carbocycles. The van der Waals surface area contributed by atoms with Crippen molar-refractivity contribution >= 4 is 10.1 Å². The molecule has 0 radical (unpaired) electrons. The summed E-state index contributed by atoms with van der Waals surface area (Å²) in [4.78, 5) is 0. The quantitative estimate of drug-likeness (QED) is 0.435. The summed E-state index contributed by atoms with van der Waals surface area (Å²) >= 11 is 0. The largest absolute Gasteiger partial charge is 0.523 e. The second-order valence-electron chi connectivity index (χ2n) is 4.23. The van der Waals surface area contributed by atoms with E-state index in [0.717, 1.165) is 6.42 Å². The van der Waals surface area contributed by atoms with Crippen LogP contribution in [0.5, 0.6) is 0 Å². The van der Waals surface area contributed by atoms with E-state index in [1.54, 1.807) is 0 Å². The van der Waals surface area contributed by atoms with E-state index in [-0.39, 0.29) is 0 Å². The molecule has 3 nitrogen and oxygen atoms in total. The van der Waals surface area contributed by atoms with Crippen molar-refractivity contribution in [2.45, 2.75) is 50.6 Å². The SMILES string of the molecule is CC1CCCC(OS(=O)(=O)C(F)(F)F)CC1. The molecule has 1 saturated carbocycles. The highest BCUT2D eigenvalue weighted by atomic mass is 32.2. The number of hydrogen-bond acceptors (Lipinski definition) is 3. The first-order chi connectivity index (χ1) is 7.22. The van der Waals surface area contributed by atoms with Crippen LogP contribution in [0.15, 0.2) is 0 Å². The maximum atomic E-state index is 12.1. The minimum absolute atomic E-state index is 0.372. The van der Waals surface area contributed by atoms with Gasteiger partial charge >= 0.3 is 15.6 Å². The average molecular weight is 260 g/mol. The van der Waals surface area contributed by atoms with Gasteiger partial charge in [-0.25, -0.2) is 0 Å². The van der Waals surface area contributed by atoms with Crippen molar-refractivity contribution in [3.8, 4) is 0 Å². The maximum absolute atomic E-state index is 12.1. The van der Waals surface area contributed by atoms with Crippen LogP contribution >= 0.6 is 0 Å². The highest BCUT2D eigenvalue weighted by Gasteiger charge is 2.48. The fraction of sp³-hybridized carbons (Fsp3) is 1.00. The molecule has 0 N–H and O–H groups in total. The second kappa shape index (κ2) is 4.91. The van der Waals surface area contributed by atoms with E-state index in [1.165, 1.54) is 0 Å². The first kappa shape index (κ1) is 13.8. The van der Waals surface area contributed by atoms with E-state index < -0.39 is 21.7 Å². The maximum Gasteiger partial charge on any atom is 0.523 e. The minimum Gasteiger partial charge on any atom is -0.260 e. The van der Waals surface area contributed by atoms with Gasteiger partial charge in [0, 0.05) is 0 Å². The van der Waals surface area contributed by atoms with Crippen molar-refractivity contribution < 1.29 is 25.8 Å². The normalized spacial score (nSPS) is 28.8. The third-order valence-electron chi connectivity index (χ3n) is 2.75. The predicted octanol–water partition coefficient (Wildman–Crippen LogP) is 2.82. The average Bonchev–Trinajstić information content (AvgIpc) is 2.28. The van der Waals surface area contributed by atoms with E-state index in [4.69, 9.17) is 0 Å². The lowest BCUT2D eigenvalue weighted by molar-refractivity contribution is -0.0578. The zero-order valence-corrected chi connectivity index (χ0v) is 9.77. The Kier molecular flexibility index (Phi) is 4.23. The van der Waals surface area contributed by atoms with Crippen LogP contribution in [-0.4, -0.2) is 20.0 Å². The molecule has 16 heavy (non-hydrogen) atoms. The van der Waals surface area contributed by atoms with E-state index in [2.05, 4.69) is 4.18 Å². The first-order valence-corrected chi connectivity index (χ1v) is 6.63. The van der Waals surface area contributed by atoms with Crippen molar-refractivity contribution in [1.82, 2.24) is 0 Å². The van der Waals surface area contributed by atoms with Crippen LogP contribution in [0.3, 0.4) is 0 Å². The molecule has 1 aliphatic carbocycles. The summed E-state index contributed by atoms with van der Waals surface area (Å²) in [5.41, 5.74) is -5.31. The molecule has 0 heterocycles. The molecule has 2 unspecified atom stereocenters. The summed E-state index contributed by atoms with van der Waals surface area (Å²) < 4.78 is 61.9. The van der Waals surface area contributed by atoms with Gasteiger partial charge in [0.1, 0.15) is 0 Å². The van der Waals surface area contributed by atoms with Crippen molar-refractivity contribution in [2.24, 2.45) is 5.92 Å². The summed E-state index contributed by atoms with van der Waals surface area (Å²) in [6.45, 7) is 2.00. The van der Waals surface area contributed by atoms with Gasteiger partial charge in [0.2, 0.25) is 0 Å². The summed E-state index contributed by atoms with van der Waals surface area (Å²) in [6.07, 6.45) is 2.25. The first-order valence-electron chi connectivity index (χ1n) is 5.22. The molecular formula is C9H15F3O3S. The fourth-order valence-electron chi connectivity index (χ4n) is 1.78. The summed E-state index contributed by atoms with van der Waals surface area (Å²) in [6, 6.07) is 0. The Bertz CT molecular complexity index is 323. The standard InChI is InChI=1S/C9H15F3O3S/c1-7-3-2-4-8(6-5-7)15-16(13,14)9(10,11)12/h7-8H,2-6H2,1H3. The van der Waals surface area contributed by atoms with Gasteiger partial charge in [-0.15, -0.1) is 0 Å². The summed E-state index contributed by atoms with van der Waals surface area (Å²) in [5, 5.41) is 0. The van der Waals surface area contributed by atoms with Crippen molar-refractivity contribution in [3.63, 3.8) is 0 Å². The Morgan fingerprint density at radius 1 is 1.12 bits per heavy atom. The molecule has 0 aliphatic heterocycles. The smallest absolute Gasteiger partial charge is 0.260 e. The molecule has 0 bridgehead atoms. The molecule has 0 aromatic rings. The molecule has 1 aliphatic rings. The lowest BCUT2D eigenvalue weighted by atomic mass is 10.0. The third kappa shape index (κ3) is 3.62. The Balaban J connectivity index is 2.61. The van der Waals surface area contributed by atoms with E-state index in [1.807, 2.05) is 6.92 Å². The molecule has 0 aromatic heterocycles. The third-order valence-corrected chi connectivity index (χ3v) is 3.84. The number of hydrogen-bond donors (Lipinski definition) is 0. The van der Waals surface area contributed by atoms with Crippen molar-refractivity contribution in [2.75, 3.05) is 0 Å². The van der Waals surface area contributed by atoms with Gasteiger partial charge in [0.05, 0.1) is 6.10 Å².